The quantitative estimate of drug-likeness (QED) is 0.744. The van der Waals surface area contributed by atoms with Crippen molar-refractivity contribution >= 4 is 11.9 Å². The molecule has 1 aromatic rings. The molecule has 1 fully saturated rings. The Morgan fingerprint density at radius 3 is 2.64 bits per heavy atom. The zero-order valence-corrected chi connectivity index (χ0v) is 16.8. The molecule has 6 heteroatoms. The molecular weight excluding hydrogens is 358 g/mol. The van der Waals surface area contributed by atoms with Crippen molar-refractivity contribution < 1.29 is 23.8 Å². The number of piperidine rings is 1. The lowest BCUT2D eigenvalue weighted by Crippen LogP contribution is -2.47. The Hall–Kier alpha value is -2.08. The van der Waals surface area contributed by atoms with Gasteiger partial charge in [-0.1, -0.05) is 24.6 Å². The van der Waals surface area contributed by atoms with Gasteiger partial charge in [-0.15, -0.1) is 0 Å². The number of benzene rings is 1. The van der Waals surface area contributed by atoms with Crippen LogP contribution >= 0.6 is 0 Å². The second kappa shape index (κ2) is 9.92. The van der Waals surface area contributed by atoms with E-state index < -0.39 is 5.41 Å². The SMILES string of the molecule is COCCC(=O)N1CCC2(CCCCc3ccccc3OCCOC2=O)CC1. The first-order valence-electron chi connectivity index (χ1n) is 10.3. The first kappa shape index (κ1) is 20.6. The third-order valence-corrected chi connectivity index (χ3v) is 5.92. The van der Waals surface area contributed by atoms with Gasteiger partial charge in [0, 0.05) is 20.2 Å². The Bertz CT molecular complexity index is 667. The fraction of sp³-hybridized carbons (Fsp3) is 0.636. The maximum absolute atomic E-state index is 12.9. The first-order valence-corrected chi connectivity index (χ1v) is 10.3. The summed E-state index contributed by atoms with van der Waals surface area (Å²) in [5.74, 6) is 0.855. The van der Waals surface area contributed by atoms with Gasteiger partial charge in [0.15, 0.2) is 0 Å². The van der Waals surface area contributed by atoms with Crippen molar-refractivity contribution in [2.45, 2.75) is 44.9 Å². The summed E-state index contributed by atoms with van der Waals surface area (Å²) in [6.45, 7) is 2.27. The average molecular weight is 389 g/mol. The van der Waals surface area contributed by atoms with Gasteiger partial charge in [-0.25, -0.2) is 0 Å². The molecule has 2 heterocycles. The lowest BCUT2D eigenvalue weighted by atomic mass is 9.74. The van der Waals surface area contributed by atoms with E-state index in [4.69, 9.17) is 14.2 Å². The number of fused-ring (bicyclic) bond motifs is 1. The topological polar surface area (TPSA) is 65.1 Å². The van der Waals surface area contributed by atoms with Gasteiger partial charge in [-0.2, -0.15) is 0 Å². The van der Waals surface area contributed by atoms with E-state index in [0.717, 1.165) is 31.4 Å². The standard InChI is InChI=1S/C22H31NO5/c1-26-15-9-20(24)23-13-11-22(12-14-23)10-5-4-7-18-6-2-3-8-19(18)27-16-17-28-21(22)25/h2-3,6,8H,4-5,7,9-17H2,1H3. The summed E-state index contributed by atoms with van der Waals surface area (Å²) < 4.78 is 16.4. The highest BCUT2D eigenvalue weighted by Crippen LogP contribution is 2.38. The van der Waals surface area contributed by atoms with Crippen LogP contribution in [0.25, 0.3) is 0 Å². The Kier molecular flexibility index (Phi) is 7.31. The van der Waals surface area contributed by atoms with Gasteiger partial charge in [0.05, 0.1) is 18.4 Å². The molecular formula is C22H31NO5. The normalized spacial score (nSPS) is 20.3. The van der Waals surface area contributed by atoms with Crippen LogP contribution in [0.15, 0.2) is 24.3 Å². The van der Waals surface area contributed by atoms with Crippen molar-refractivity contribution in [3.8, 4) is 5.75 Å². The lowest BCUT2D eigenvalue weighted by Gasteiger charge is -2.40. The monoisotopic (exact) mass is 389 g/mol. The summed E-state index contributed by atoms with van der Waals surface area (Å²) in [5.41, 5.74) is 0.735. The number of likely N-dealkylation sites (tertiary alicyclic amines) is 1. The maximum atomic E-state index is 12.9. The summed E-state index contributed by atoms with van der Waals surface area (Å²) in [5, 5.41) is 0. The smallest absolute Gasteiger partial charge is 0.312 e. The molecule has 2 aliphatic heterocycles. The van der Waals surface area contributed by atoms with Gasteiger partial charge in [-0.05, 0) is 43.7 Å². The van der Waals surface area contributed by atoms with E-state index in [1.165, 1.54) is 5.56 Å². The van der Waals surface area contributed by atoms with E-state index in [2.05, 4.69) is 6.07 Å². The second-order valence-electron chi connectivity index (χ2n) is 7.70. The number of methoxy groups -OCH3 is 1. The summed E-state index contributed by atoms with van der Waals surface area (Å²) in [7, 11) is 1.60. The predicted octanol–water partition coefficient (Wildman–Crippen LogP) is 2.98. The minimum atomic E-state index is -0.475. The first-order chi connectivity index (χ1) is 13.6. The summed E-state index contributed by atoms with van der Waals surface area (Å²) in [6.07, 6.45) is 5.46. The van der Waals surface area contributed by atoms with E-state index in [1.807, 2.05) is 23.1 Å². The highest BCUT2D eigenvalue weighted by Gasteiger charge is 2.43. The lowest BCUT2D eigenvalue weighted by molar-refractivity contribution is -0.162. The van der Waals surface area contributed by atoms with Crippen molar-refractivity contribution in [3.05, 3.63) is 29.8 Å². The second-order valence-corrected chi connectivity index (χ2v) is 7.70. The predicted molar refractivity (Wildman–Crippen MR) is 105 cm³/mol. The van der Waals surface area contributed by atoms with Crippen LogP contribution in [-0.4, -0.2) is 56.8 Å². The van der Waals surface area contributed by atoms with Crippen molar-refractivity contribution in [1.29, 1.82) is 0 Å². The Morgan fingerprint density at radius 2 is 1.86 bits per heavy atom. The number of hydrogen-bond donors (Lipinski definition) is 0. The van der Waals surface area contributed by atoms with Crippen molar-refractivity contribution in [2.24, 2.45) is 5.41 Å². The minimum Gasteiger partial charge on any atom is -0.490 e. The van der Waals surface area contributed by atoms with Crippen LogP contribution in [0.4, 0.5) is 0 Å². The van der Waals surface area contributed by atoms with Crippen molar-refractivity contribution in [3.63, 3.8) is 0 Å². The number of cyclic esters (lactones) is 1. The Labute approximate surface area is 167 Å². The molecule has 0 N–H and O–H groups in total. The fourth-order valence-corrected chi connectivity index (χ4v) is 4.16. The molecule has 1 spiro atoms. The molecule has 1 saturated heterocycles. The molecule has 0 saturated carbocycles. The van der Waals surface area contributed by atoms with Gasteiger partial charge in [0.25, 0.3) is 0 Å². The van der Waals surface area contributed by atoms with Gasteiger partial charge < -0.3 is 19.1 Å². The number of rotatable bonds is 3. The zero-order valence-electron chi connectivity index (χ0n) is 16.8. The van der Waals surface area contributed by atoms with Crippen LogP contribution in [0.1, 0.15) is 44.1 Å². The molecule has 0 bridgehead atoms. The van der Waals surface area contributed by atoms with Crippen molar-refractivity contribution in [1.82, 2.24) is 4.90 Å². The third kappa shape index (κ3) is 5.04. The van der Waals surface area contributed by atoms with Crippen LogP contribution in [0.5, 0.6) is 5.75 Å². The van der Waals surface area contributed by atoms with Crippen LogP contribution in [-0.2, 0) is 25.5 Å². The van der Waals surface area contributed by atoms with Crippen LogP contribution in [0.2, 0.25) is 0 Å². The molecule has 0 aliphatic carbocycles. The maximum Gasteiger partial charge on any atom is 0.312 e. The summed E-state index contributed by atoms with van der Waals surface area (Å²) in [4.78, 5) is 27.0. The Balaban J connectivity index is 1.62. The highest BCUT2D eigenvalue weighted by atomic mass is 16.6. The van der Waals surface area contributed by atoms with Crippen LogP contribution < -0.4 is 4.74 Å². The molecule has 1 aromatic carbocycles. The number of carbonyl (C=O) groups is 2. The molecule has 2 aliphatic rings. The van der Waals surface area contributed by atoms with Gasteiger partial charge in [-0.3, -0.25) is 9.59 Å². The molecule has 0 atom stereocenters. The fourth-order valence-electron chi connectivity index (χ4n) is 4.16. The minimum absolute atomic E-state index is 0.100. The van der Waals surface area contributed by atoms with E-state index in [9.17, 15) is 9.59 Å². The van der Waals surface area contributed by atoms with Gasteiger partial charge in [0.2, 0.25) is 5.91 Å². The van der Waals surface area contributed by atoms with Crippen LogP contribution in [0.3, 0.4) is 0 Å². The Morgan fingerprint density at radius 1 is 1.11 bits per heavy atom. The number of amides is 1. The average Bonchev–Trinajstić information content (AvgIpc) is 2.72. The number of esters is 1. The van der Waals surface area contributed by atoms with E-state index >= 15 is 0 Å². The van der Waals surface area contributed by atoms with E-state index in [0.29, 0.717) is 45.6 Å². The summed E-state index contributed by atoms with van der Waals surface area (Å²) in [6, 6.07) is 8.08. The van der Waals surface area contributed by atoms with Crippen molar-refractivity contribution in [2.75, 3.05) is 40.0 Å². The van der Waals surface area contributed by atoms with Gasteiger partial charge in [0.1, 0.15) is 19.0 Å². The number of nitrogens with zero attached hydrogens (tertiary/aromatic N) is 1. The van der Waals surface area contributed by atoms with Gasteiger partial charge >= 0.3 is 5.97 Å². The number of hydrogen-bond acceptors (Lipinski definition) is 5. The largest absolute Gasteiger partial charge is 0.490 e. The molecule has 1 amide bonds. The number of aryl methyl sites for hydroxylation is 1. The molecule has 0 radical (unpaired) electrons. The highest BCUT2D eigenvalue weighted by molar-refractivity contribution is 5.79. The number of para-hydroxylation sites is 1. The zero-order chi connectivity index (χ0) is 19.8. The molecule has 0 unspecified atom stereocenters. The molecule has 154 valence electrons. The number of carbonyl (C=O) groups excluding carboxylic acids is 2. The molecule has 28 heavy (non-hydrogen) atoms. The molecule has 6 nitrogen and oxygen atoms in total. The van der Waals surface area contributed by atoms with Crippen LogP contribution in [0, 0.1) is 5.41 Å². The summed E-state index contributed by atoms with van der Waals surface area (Å²) >= 11 is 0. The third-order valence-electron chi connectivity index (χ3n) is 5.92. The van der Waals surface area contributed by atoms with E-state index in [1.54, 1.807) is 7.11 Å². The number of ether oxygens (including phenoxy) is 3. The molecule has 3 rings (SSSR count). The van der Waals surface area contributed by atoms with E-state index in [-0.39, 0.29) is 18.5 Å². The molecule has 0 aromatic heterocycles.